The van der Waals surface area contributed by atoms with Gasteiger partial charge in [0, 0.05) is 24.5 Å². The van der Waals surface area contributed by atoms with E-state index in [1.54, 1.807) is 18.9 Å². The minimum Gasteiger partial charge on any atom is -0.479 e. The lowest BCUT2D eigenvalue weighted by Crippen LogP contribution is -2.41. The Hall–Kier alpha value is -2.87. The molecule has 1 aromatic carbocycles. The Bertz CT molecular complexity index is 1070. The van der Waals surface area contributed by atoms with E-state index in [1.807, 2.05) is 35.7 Å². The van der Waals surface area contributed by atoms with Gasteiger partial charge in [0.15, 0.2) is 11.1 Å². The van der Waals surface area contributed by atoms with Gasteiger partial charge >= 0.3 is 5.97 Å². The maximum atomic E-state index is 12.2. The summed E-state index contributed by atoms with van der Waals surface area (Å²) >= 11 is 1.18. The fraction of sp³-hybridized carbons (Fsp3) is 0.316. The van der Waals surface area contributed by atoms with E-state index >= 15 is 0 Å². The standard InChI is InChI=1S/C19H19N3O4S/c1-4-5-13-16(18(24)25)27-19-20-12(9-22(13)19)11-6-7-15-14(8-11)21(3)17(23)10(2)26-15/h6-10H,4-5H2,1-3H3,(H,24,25). The number of hydrogen-bond donors (Lipinski definition) is 1. The molecule has 1 aliphatic rings. The van der Waals surface area contributed by atoms with Crippen molar-refractivity contribution in [3.8, 4) is 17.0 Å². The second-order valence-corrected chi connectivity index (χ2v) is 7.53. The van der Waals surface area contributed by atoms with Crippen molar-refractivity contribution in [2.45, 2.75) is 32.8 Å². The molecule has 27 heavy (non-hydrogen) atoms. The molecule has 8 heteroatoms. The van der Waals surface area contributed by atoms with Crippen LogP contribution in [-0.2, 0) is 11.2 Å². The molecule has 0 radical (unpaired) electrons. The number of carbonyl (C=O) groups is 2. The Morgan fingerprint density at radius 2 is 2.19 bits per heavy atom. The Morgan fingerprint density at radius 1 is 1.41 bits per heavy atom. The van der Waals surface area contributed by atoms with Crippen molar-refractivity contribution in [3.05, 3.63) is 35.0 Å². The number of imidazole rings is 1. The van der Waals surface area contributed by atoms with Crippen LogP contribution in [0.15, 0.2) is 24.4 Å². The van der Waals surface area contributed by atoms with E-state index in [0.717, 1.165) is 23.4 Å². The van der Waals surface area contributed by atoms with Crippen molar-refractivity contribution < 1.29 is 19.4 Å². The van der Waals surface area contributed by atoms with E-state index in [0.29, 0.717) is 27.7 Å². The third-order valence-corrected chi connectivity index (χ3v) is 5.78. The van der Waals surface area contributed by atoms with Gasteiger partial charge in [-0.2, -0.15) is 0 Å². The number of aromatic carboxylic acids is 1. The Morgan fingerprint density at radius 3 is 2.89 bits per heavy atom. The fourth-order valence-electron chi connectivity index (χ4n) is 3.34. The Labute approximate surface area is 159 Å². The molecule has 0 spiro atoms. The number of aromatic nitrogens is 2. The maximum Gasteiger partial charge on any atom is 0.347 e. The number of amides is 1. The lowest BCUT2D eigenvalue weighted by molar-refractivity contribution is -0.125. The van der Waals surface area contributed by atoms with Crippen LogP contribution in [0.2, 0.25) is 0 Å². The molecule has 140 valence electrons. The Kier molecular flexibility index (Phi) is 4.15. The molecule has 2 aromatic heterocycles. The van der Waals surface area contributed by atoms with Crippen LogP contribution in [-0.4, -0.2) is 39.5 Å². The Balaban J connectivity index is 1.79. The van der Waals surface area contributed by atoms with Gasteiger partial charge in [-0.25, -0.2) is 9.78 Å². The molecule has 1 unspecified atom stereocenters. The second-order valence-electron chi connectivity index (χ2n) is 6.55. The van der Waals surface area contributed by atoms with Crippen LogP contribution >= 0.6 is 11.3 Å². The lowest BCUT2D eigenvalue weighted by atomic mass is 10.1. The molecule has 0 bridgehead atoms. The zero-order valence-corrected chi connectivity index (χ0v) is 16.0. The molecule has 4 rings (SSSR count). The topological polar surface area (TPSA) is 84.1 Å². The number of carbonyl (C=O) groups excluding carboxylic acids is 1. The summed E-state index contributed by atoms with van der Waals surface area (Å²) in [7, 11) is 1.73. The van der Waals surface area contributed by atoms with Crippen LogP contribution in [0.25, 0.3) is 16.2 Å². The molecule has 7 nitrogen and oxygen atoms in total. The van der Waals surface area contributed by atoms with Gasteiger partial charge in [0.2, 0.25) is 0 Å². The van der Waals surface area contributed by atoms with Crippen LogP contribution in [0.1, 0.15) is 35.6 Å². The lowest BCUT2D eigenvalue weighted by Gasteiger charge is -2.30. The van der Waals surface area contributed by atoms with Crippen molar-refractivity contribution >= 4 is 33.9 Å². The van der Waals surface area contributed by atoms with Crippen LogP contribution in [0.3, 0.4) is 0 Å². The van der Waals surface area contributed by atoms with Gasteiger partial charge in [-0.1, -0.05) is 24.7 Å². The normalized spacial score (nSPS) is 16.5. The molecule has 1 amide bonds. The first-order valence-corrected chi connectivity index (χ1v) is 9.55. The van der Waals surface area contributed by atoms with Gasteiger partial charge in [0.05, 0.1) is 11.4 Å². The van der Waals surface area contributed by atoms with Gasteiger partial charge in [-0.15, -0.1) is 0 Å². The zero-order valence-electron chi connectivity index (χ0n) is 15.2. The van der Waals surface area contributed by atoms with Crippen molar-refractivity contribution in [1.82, 2.24) is 9.38 Å². The van der Waals surface area contributed by atoms with Crippen LogP contribution in [0, 0.1) is 0 Å². The number of carboxylic acids is 1. The summed E-state index contributed by atoms with van der Waals surface area (Å²) in [6, 6.07) is 5.62. The first kappa shape index (κ1) is 17.5. The van der Waals surface area contributed by atoms with E-state index < -0.39 is 12.1 Å². The minimum atomic E-state index is -0.921. The van der Waals surface area contributed by atoms with Gasteiger partial charge in [-0.05, 0) is 31.5 Å². The smallest absolute Gasteiger partial charge is 0.347 e. The van der Waals surface area contributed by atoms with Crippen LogP contribution in [0.5, 0.6) is 5.75 Å². The van der Waals surface area contributed by atoms with E-state index in [-0.39, 0.29) is 5.91 Å². The molecule has 1 N–H and O–H groups in total. The number of benzene rings is 1. The van der Waals surface area contributed by atoms with E-state index in [9.17, 15) is 14.7 Å². The van der Waals surface area contributed by atoms with Crippen molar-refractivity contribution in [2.75, 3.05) is 11.9 Å². The number of hydrogen-bond acceptors (Lipinski definition) is 5. The van der Waals surface area contributed by atoms with Gasteiger partial charge in [-0.3, -0.25) is 9.20 Å². The molecule has 0 fully saturated rings. The summed E-state index contributed by atoms with van der Waals surface area (Å²) in [6.07, 6.45) is 2.88. The maximum absolute atomic E-state index is 12.2. The predicted molar refractivity (Wildman–Crippen MR) is 103 cm³/mol. The van der Waals surface area contributed by atoms with Crippen LogP contribution < -0.4 is 9.64 Å². The molecular weight excluding hydrogens is 366 g/mol. The highest BCUT2D eigenvalue weighted by Gasteiger charge is 2.29. The molecular formula is C19H19N3O4S. The SMILES string of the molecule is CCCc1c(C(=O)O)sc2nc(-c3ccc4c(c3)N(C)C(=O)C(C)O4)cn12. The quantitative estimate of drug-likeness (QED) is 0.744. The summed E-state index contributed by atoms with van der Waals surface area (Å²) in [5.74, 6) is -0.355. The van der Waals surface area contributed by atoms with Crippen molar-refractivity contribution in [2.24, 2.45) is 0 Å². The summed E-state index contributed by atoms with van der Waals surface area (Å²) in [5.41, 5.74) is 3.05. The molecule has 0 saturated heterocycles. The average molecular weight is 385 g/mol. The van der Waals surface area contributed by atoms with E-state index in [4.69, 9.17) is 4.74 Å². The summed E-state index contributed by atoms with van der Waals surface area (Å²) in [5, 5.41) is 9.42. The predicted octanol–water partition coefficient (Wildman–Crippen LogP) is 3.46. The molecule has 0 aliphatic carbocycles. The highest BCUT2D eigenvalue weighted by molar-refractivity contribution is 7.19. The summed E-state index contributed by atoms with van der Waals surface area (Å²) in [6.45, 7) is 3.75. The van der Waals surface area contributed by atoms with Crippen molar-refractivity contribution in [3.63, 3.8) is 0 Å². The summed E-state index contributed by atoms with van der Waals surface area (Å²) < 4.78 is 7.52. The number of ether oxygens (including phenoxy) is 1. The highest BCUT2D eigenvalue weighted by atomic mass is 32.1. The molecule has 1 atom stereocenters. The number of fused-ring (bicyclic) bond motifs is 2. The van der Waals surface area contributed by atoms with Gasteiger partial charge < -0.3 is 14.7 Å². The van der Waals surface area contributed by atoms with Gasteiger partial charge in [0.25, 0.3) is 5.91 Å². The number of anilines is 1. The molecule has 3 heterocycles. The number of carboxylic acid groups (broad SMARTS) is 1. The minimum absolute atomic E-state index is 0.0956. The van der Waals surface area contributed by atoms with Gasteiger partial charge in [0.1, 0.15) is 10.6 Å². The third-order valence-electron chi connectivity index (χ3n) is 4.70. The number of thiazole rings is 1. The van der Waals surface area contributed by atoms with E-state index in [2.05, 4.69) is 4.98 Å². The van der Waals surface area contributed by atoms with E-state index in [1.165, 1.54) is 11.3 Å². The molecule has 1 aliphatic heterocycles. The fourth-order valence-corrected chi connectivity index (χ4v) is 4.33. The number of aryl methyl sites for hydroxylation is 1. The number of likely N-dealkylation sites (N-methyl/N-ethyl adjacent to an activating group) is 1. The number of nitrogens with zero attached hydrogens (tertiary/aromatic N) is 3. The number of rotatable bonds is 4. The molecule has 0 saturated carbocycles. The largest absolute Gasteiger partial charge is 0.479 e. The monoisotopic (exact) mass is 385 g/mol. The average Bonchev–Trinajstić information content (AvgIpc) is 3.19. The third kappa shape index (κ3) is 2.76. The highest BCUT2D eigenvalue weighted by Crippen LogP contribution is 2.37. The van der Waals surface area contributed by atoms with Crippen LogP contribution in [0.4, 0.5) is 5.69 Å². The first-order valence-electron chi connectivity index (χ1n) is 8.73. The second kappa shape index (κ2) is 6.38. The van der Waals surface area contributed by atoms with Crippen molar-refractivity contribution in [1.29, 1.82) is 0 Å². The zero-order chi connectivity index (χ0) is 19.3. The summed E-state index contributed by atoms with van der Waals surface area (Å²) in [4.78, 5) is 30.9. The first-order chi connectivity index (χ1) is 12.9. The molecule has 3 aromatic rings.